The SMILES string of the molecule is CN(CCO)c1ccc(CC2CCN(C3CCCCC3)C2=O)c(Cl)c1. The van der Waals surface area contributed by atoms with Gasteiger partial charge in [0.15, 0.2) is 0 Å². The summed E-state index contributed by atoms with van der Waals surface area (Å²) in [7, 11) is 1.93. The highest BCUT2D eigenvalue weighted by Gasteiger charge is 2.36. The van der Waals surface area contributed by atoms with E-state index in [0.717, 1.165) is 30.6 Å². The highest BCUT2D eigenvalue weighted by molar-refractivity contribution is 6.31. The molecule has 4 nitrogen and oxygen atoms in total. The van der Waals surface area contributed by atoms with E-state index in [1.54, 1.807) is 0 Å². The summed E-state index contributed by atoms with van der Waals surface area (Å²) in [6.07, 6.45) is 7.84. The Balaban J connectivity index is 1.63. The van der Waals surface area contributed by atoms with E-state index < -0.39 is 0 Å². The molecule has 138 valence electrons. The summed E-state index contributed by atoms with van der Waals surface area (Å²) in [6.45, 7) is 1.60. The van der Waals surface area contributed by atoms with Crippen molar-refractivity contribution in [2.75, 3.05) is 31.6 Å². The molecule has 1 aliphatic carbocycles. The largest absolute Gasteiger partial charge is 0.395 e. The molecule has 2 aliphatic rings. The van der Waals surface area contributed by atoms with Gasteiger partial charge in [0.2, 0.25) is 5.91 Å². The molecule has 1 aromatic rings. The molecule has 2 fully saturated rings. The quantitative estimate of drug-likeness (QED) is 0.840. The van der Waals surface area contributed by atoms with Gasteiger partial charge >= 0.3 is 0 Å². The molecule has 1 saturated heterocycles. The second kappa shape index (κ2) is 8.41. The van der Waals surface area contributed by atoms with Gasteiger partial charge in [0, 0.05) is 42.8 Å². The molecular formula is C20H29ClN2O2. The van der Waals surface area contributed by atoms with Crippen LogP contribution in [0.1, 0.15) is 44.1 Å². The number of rotatable bonds is 6. The second-order valence-corrected chi connectivity index (χ2v) is 7.84. The van der Waals surface area contributed by atoms with E-state index in [1.165, 1.54) is 32.1 Å². The fourth-order valence-corrected chi connectivity index (χ4v) is 4.44. The zero-order chi connectivity index (χ0) is 17.8. The van der Waals surface area contributed by atoms with Crippen LogP contribution in [-0.4, -0.2) is 48.7 Å². The van der Waals surface area contributed by atoms with E-state index in [9.17, 15) is 4.79 Å². The summed E-state index contributed by atoms with van der Waals surface area (Å²) in [5, 5.41) is 9.77. The first-order valence-corrected chi connectivity index (χ1v) is 9.89. The number of carbonyl (C=O) groups excluding carboxylic acids is 1. The van der Waals surface area contributed by atoms with Crippen molar-refractivity contribution in [1.29, 1.82) is 0 Å². The molecule has 0 bridgehead atoms. The number of likely N-dealkylation sites (N-methyl/N-ethyl adjacent to an activating group) is 1. The Morgan fingerprint density at radius 1 is 1.24 bits per heavy atom. The van der Waals surface area contributed by atoms with Crippen LogP contribution in [0.3, 0.4) is 0 Å². The van der Waals surface area contributed by atoms with E-state index in [0.29, 0.717) is 23.5 Å². The number of hydrogen-bond donors (Lipinski definition) is 1. The Bertz CT molecular complexity index is 601. The van der Waals surface area contributed by atoms with Crippen LogP contribution in [0.15, 0.2) is 18.2 Å². The molecule has 0 spiro atoms. The van der Waals surface area contributed by atoms with Crippen LogP contribution >= 0.6 is 11.6 Å². The predicted octanol–water partition coefficient (Wildman–Crippen LogP) is 3.49. The smallest absolute Gasteiger partial charge is 0.226 e. The molecule has 5 heteroatoms. The highest BCUT2D eigenvalue weighted by Crippen LogP contribution is 2.32. The lowest BCUT2D eigenvalue weighted by molar-refractivity contribution is -0.133. The van der Waals surface area contributed by atoms with E-state index >= 15 is 0 Å². The standard InChI is InChI=1S/C20H29ClN2O2/c1-22(11-12-24)18-8-7-15(19(21)14-18)13-16-9-10-23(20(16)25)17-5-3-2-4-6-17/h7-8,14,16-17,24H,2-6,9-13H2,1H3. The maximum Gasteiger partial charge on any atom is 0.226 e. The Morgan fingerprint density at radius 3 is 2.68 bits per heavy atom. The Morgan fingerprint density at radius 2 is 2.00 bits per heavy atom. The first-order chi connectivity index (χ1) is 12.1. The molecule has 1 heterocycles. The number of anilines is 1. The zero-order valence-electron chi connectivity index (χ0n) is 15.1. The summed E-state index contributed by atoms with van der Waals surface area (Å²) in [6, 6.07) is 6.46. The first-order valence-electron chi connectivity index (χ1n) is 9.51. The number of aliphatic hydroxyl groups is 1. The molecule has 3 rings (SSSR count). The average Bonchev–Trinajstić information content (AvgIpc) is 2.98. The van der Waals surface area contributed by atoms with Crippen LogP contribution in [0.5, 0.6) is 0 Å². The Hall–Kier alpha value is -1.26. The van der Waals surface area contributed by atoms with Gasteiger partial charge in [-0.1, -0.05) is 36.9 Å². The fourth-order valence-electron chi connectivity index (χ4n) is 4.19. The summed E-state index contributed by atoms with van der Waals surface area (Å²) in [5.74, 6) is 0.393. The minimum absolute atomic E-state index is 0.0699. The van der Waals surface area contributed by atoms with Crippen LogP contribution in [0.4, 0.5) is 5.69 Å². The van der Waals surface area contributed by atoms with Gasteiger partial charge < -0.3 is 14.9 Å². The van der Waals surface area contributed by atoms with Gasteiger partial charge in [0.1, 0.15) is 0 Å². The van der Waals surface area contributed by atoms with Crippen LogP contribution in [-0.2, 0) is 11.2 Å². The van der Waals surface area contributed by atoms with Crippen molar-refractivity contribution in [1.82, 2.24) is 4.90 Å². The third-order valence-corrected chi connectivity index (χ3v) is 6.10. The molecule has 1 saturated carbocycles. The molecule has 1 atom stereocenters. The van der Waals surface area contributed by atoms with Crippen LogP contribution in [0.25, 0.3) is 0 Å². The van der Waals surface area contributed by atoms with E-state index in [1.807, 2.05) is 30.1 Å². The highest BCUT2D eigenvalue weighted by atomic mass is 35.5. The van der Waals surface area contributed by atoms with E-state index in [2.05, 4.69) is 4.90 Å². The van der Waals surface area contributed by atoms with Crippen molar-refractivity contribution >= 4 is 23.2 Å². The van der Waals surface area contributed by atoms with Gasteiger partial charge in [0.25, 0.3) is 0 Å². The third-order valence-electron chi connectivity index (χ3n) is 5.75. The first kappa shape index (κ1) is 18.5. The lowest BCUT2D eigenvalue weighted by Gasteiger charge is -2.31. The van der Waals surface area contributed by atoms with E-state index in [-0.39, 0.29) is 12.5 Å². The normalized spacial score (nSPS) is 21.8. The van der Waals surface area contributed by atoms with Crippen LogP contribution < -0.4 is 4.90 Å². The molecule has 0 radical (unpaired) electrons. The van der Waals surface area contributed by atoms with Crippen LogP contribution in [0.2, 0.25) is 5.02 Å². The van der Waals surface area contributed by atoms with Crippen molar-refractivity contribution in [2.24, 2.45) is 5.92 Å². The Kier molecular flexibility index (Phi) is 6.24. The average molecular weight is 365 g/mol. The van der Waals surface area contributed by atoms with Crippen molar-refractivity contribution in [3.63, 3.8) is 0 Å². The number of halogens is 1. The second-order valence-electron chi connectivity index (χ2n) is 7.43. The number of hydrogen-bond acceptors (Lipinski definition) is 3. The summed E-state index contributed by atoms with van der Waals surface area (Å²) >= 11 is 6.47. The maximum atomic E-state index is 12.8. The molecular weight excluding hydrogens is 336 g/mol. The summed E-state index contributed by atoms with van der Waals surface area (Å²) in [5.41, 5.74) is 2.04. The predicted molar refractivity (Wildman–Crippen MR) is 102 cm³/mol. The molecule has 1 N–H and O–H groups in total. The summed E-state index contributed by atoms with van der Waals surface area (Å²) < 4.78 is 0. The van der Waals surface area contributed by atoms with Crippen LogP contribution in [0, 0.1) is 5.92 Å². The van der Waals surface area contributed by atoms with Gasteiger partial charge in [-0.2, -0.15) is 0 Å². The van der Waals surface area contributed by atoms with Crippen molar-refractivity contribution < 1.29 is 9.90 Å². The van der Waals surface area contributed by atoms with Gasteiger partial charge in [-0.15, -0.1) is 0 Å². The summed E-state index contributed by atoms with van der Waals surface area (Å²) in [4.78, 5) is 16.9. The van der Waals surface area contributed by atoms with Crippen molar-refractivity contribution in [2.45, 2.75) is 51.0 Å². The number of amides is 1. The number of carbonyl (C=O) groups is 1. The lowest BCUT2D eigenvalue weighted by atomic mass is 9.94. The van der Waals surface area contributed by atoms with Gasteiger partial charge in [-0.25, -0.2) is 0 Å². The molecule has 1 unspecified atom stereocenters. The minimum Gasteiger partial charge on any atom is -0.395 e. The lowest BCUT2D eigenvalue weighted by Crippen LogP contribution is -2.39. The number of benzene rings is 1. The van der Waals surface area contributed by atoms with Crippen molar-refractivity contribution in [3.05, 3.63) is 28.8 Å². The molecule has 1 aliphatic heterocycles. The number of likely N-dealkylation sites (tertiary alicyclic amines) is 1. The van der Waals surface area contributed by atoms with Gasteiger partial charge in [0.05, 0.1) is 6.61 Å². The topological polar surface area (TPSA) is 43.8 Å². The molecule has 1 aromatic carbocycles. The Labute approximate surface area is 155 Å². The molecule has 0 aromatic heterocycles. The van der Waals surface area contributed by atoms with Gasteiger partial charge in [-0.3, -0.25) is 4.79 Å². The number of aliphatic hydroxyl groups excluding tert-OH is 1. The fraction of sp³-hybridized carbons (Fsp3) is 0.650. The maximum absolute atomic E-state index is 12.8. The monoisotopic (exact) mass is 364 g/mol. The van der Waals surface area contributed by atoms with Crippen molar-refractivity contribution in [3.8, 4) is 0 Å². The minimum atomic E-state index is 0.0699. The molecule has 25 heavy (non-hydrogen) atoms. The van der Waals surface area contributed by atoms with Gasteiger partial charge in [-0.05, 0) is 43.4 Å². The third kappa shape index (κ3) is 4.29. The zero-order valence-corrected chi connectivity index (χ0v) is 15.8. The number of nitrogens with zero attached hydrogens (tertiary/aromatic N) is 2. The van der Waals surface area contributed by atoms with E-state index in [4.69, 9.17) is 16.7 Å². The molecule has 1 amide bonds.